The number of nitrogens with one attached hydrogen (secondary N) is 1. The van der Waals surface area contributed by atoms with E-state index in [1.54, 1.807) is 6.07 Å². The van der Waals surface area contributed by atoms with E-state index in [9.17, 15) is 9.18 Å². The van der Waals surface area contributed by atoms with Gasteiger partial charge < -0.3 is 5.32 Å². The molecule has 0 fully saturated rings. The van der Waals surface area contributed by atoms with Gasteiger partial charge in [-0.15, -0.1) is 0 Å². The van der Waals surface area contributed by atoms with Crippen molar-refractivity contribution in [2.75, 3.05) is 11.9 Å². The van der Waals surface area contributed by atoms with Crippen LogP contribution in [0, 0.1) is 12.7 Å². The Morgan fingerprint density at radius 2 is 2.27 bits per heavy atom. The minimum Gasteiger partial charge on any atom is -0.355 e. The summed E-state index contributed by atoms with van der Waals surface area (Å²) in [5.41, 5.74) is 1.98. The molecule has 0 bridgehead atoms. The van der Waals surface area contributed by atoms with Crippen LogP contribution in [0.15, 0.2) is 18.2 Å². The fraction of sp³-hybridized carbons (Fsp3) is 0.364. The largest absolute Gasteiger partial charge is 0.355 e. The summed E-state index contributed by atoms with van der Waals surface area (Å²) in [6, 6.07) is 4.70. The lowest BCUT2D eigenvalue weighted by Crippen LogP contribution is -2.26. The Bertz CT molecular complexity index is 354. The number of alkyl halides is 1. The van der Waals surface area contributed by atoms with Gasteiger partial charge in [0.25, 0.3) is 0 Å². The molecule has 0 radical (unpaired) electrons. The molecule has 1 aromatic carbocycles. The van der Waals surface area contributed by atoms with E-state index in [0.29, 0.717) is 11.9 Å². The van der Waals surface area contributed by atoms with E-state index < -0.39 is 0 Å². The lowest BCUT2D eigenvalue weighted by atomic mass is 10.1. The third kappa shape index (κ3) is 4.00. The summed E-state index contributed by atoms with van der Waals surface area (Å²) in [7, 11) is 0. The molecule has 0 aliphatic heterocycles. The molecule has 0 unspecified atom stereocenters. The van der Waals surface area contributed by atoms with Crippen LogP contribution >= 0.6 is 15.9 Å². The Labute approximate surface area is 97.0 Å². The molecule has 2 nitrogen and oxygen atoms in total. The Balaban J connectivity index is 2.47. The summed E-state index contributed by atoms with van der Waals surface area (Å²) in [4.78, 5) is 10.9. The van der Waals surface area contributed by atoms with Gasteiger partial charge in [-0.25, -0.2) is 4.39 Å². The molecule has 4 heteroatoms. The average Bonchev–Trinajstić information content (AvgIpc) is 2.21. The van der Waals surface area contributed by atoms with Crippen molar-refractivity contribution < 1.29 is 9.18 Å². The highest BCUT2D eigenvalue weighted by atomic mass is 79.9. The first kappa shape index (κ1) is 12.2. The van der Waals surface area contributed by atoms with Crippen LogP contribution in [0.1, 0.15) is 11.1 Å². The van der Waals surface area contributed by atoms with Crippen molar-refractivity contribution in [3.63, 3.8) is 0 Å². The number of hydrogen-bond acceptors (Lipinski definition) is 1. The zero-order chi connectivity index (χ0) is 11.3. The lowest BCUT2D eigenvalue weighted by molar-refractivity contribution is -0.118. The number of carbonyl (C=O) groups excluding carboxylic acids is 1. The standard InChI is InChI=1S/C11H13BrFNO/c1-8-6-10(13)3-2-9(8)4-5-14-11(15)7-12/h2-3,6H,4-5,7H2,1H3,(H,14,15). The second-order valence-corrected chi connectivity index (χ2v) is 3.87. The summed E-state index contributed by atoms with van der Waals surface area (Å²) < 4.78 is 12.8. The van der Waals surface area contributed by atoms with Gasteiger partial charge in [0.15, 0.2) is 0 Å². The molecular weight excluding hydrogens is 261 g/mol. The quantitative estimate of drug-likeness (QED) is 0.838. The third-order valence-corrected chi connectivity index (χ3v) is 2.65. The molecule has 0 aromatic heterocycles. The van der Waals surface area contributed by atoms with Gasteiger partial charge in [0, 0.05) is 6.54 Å². The van der Waals surface area contributed by atoms with E-state index in [4.69, 9.17) is 0 Å². The van der Waals surface area contributed by atoms with Crippen LogP contribution < -0.4 is 5.32 Å². The first-order chi connectivity index (χ1) is 7.13. The van der Waals surface area contributed by atoms with Gasteiger partial charge in [0.1, 0.15) is 5.82 Å². The van der Waals surface area contributed by atoms with Crippen molar-refractivity contribution in [1.82, 2.24) is 5.32 Å². The summed E-state index contributed by atoms with van der Waals surface area (Å²) in [6.45, 7) is 2.45. The van der Waals surface area contributed by atoms with E-state index in [1.165, 1.54) is 12.1 Å². The van der Waals surface area contributed by atoms with Crippen LogP contribution in [0.4, 0.5) is 4.39 Å². The number of rotatable bonds is 4. The van der Waals surface area contributed by atoms with Gasteiger partial charge in [0.05, 0.1) is 5.33 Å². The first-order valence-electron chi connectivity index (χ1n) is 4.71. The Kier molecular flexibility index (Phi) is 4.75. The SMILES string of the molecule is Cc1cc(F)ccc1CCNC(=O)CBr. The van der Waals surface area contributed by atoms with Crippen molar-refractivity contribution in [2.24, 2.45) is 0 Å². The number of benzene rings is 1. The average molecular weight is 274 g/mol. The second kappa shape index (κ2) is 5.85. The number of amides is 1. The highest BCUT2D eigenvalue weighted by Crippen LogP contribution is 2.10. The van der Waals surface area contributed by atoms with E-state index in [2.05, 4.69) is 21.2 Å². The summed E-state index contributed by atoms with van der Waals surface area (Å²) in [5.74, 6) is -0.254. The molecule has 1 N–H and O–H groups in total. The molecule has 0 saturated carbocycles. The van der Waals surface area contributed by atoms with Crippen LogP contribution in [0.25, 0.3) is 0 Å². The van der Waals surface area contributed by atoms with Crippen molar-refractivity contribution in [2.45, 2.75) is 13.3 Å². The number of carbonyl (C=O) groups is 1. The highest BCUT2D eigenvalue weighted by molar-refractivity contribution is 9.09. The topological polar surface area (TPSA) is 29.1 Å². The normalized spacial score (nSPS) is 10.1. The minimum atomic E-state index is -0.222. The minimum absolute atomic E-state index is 0.0326. The maximum Gasteiger partial charge on any atom is 0.230 e. The smallest absolute Gasteiger partial charge is 0.230 e. The van der Waals surface area contributed by atoms with Gasteiger partial charge in [-0.05, 0) is 36.6 Å². The van der Waals surface area contributed by atoms with Crippen molar-refractivity contribution in [3.05, 3.63) is 35.1 Å². The van der Waals surface area contributed by atoms with Crippen molar-refractivity contribution >= 4 is 21.8 Å². The fourth-order valence-electron chi connectivity index (χ4n) is 1.32. The van der Waals surface area contributed by atoms with E-state index in [0.717, 1.165) is 17.5 Å². The molecule has 0 heterocycles. The van der Waals surface area contributed by atoms with Crippen molar-refractivity contribution in [1.29, 1.82) is 0 Å². The highest BCUT2D eigenvalue weighted by Gasteiger charge is 2.01. The van der Waals surface area contributed by atoms with Gasteiger partial charge >= 0.3 is 0 Å². The van der Waals surface area contributed by atoms with E-state index in [1.807, 2.05) is 6.92 Å². The molecule has 0 saturated heterocycles. The van der Waals surface area contributed by atoms with Crippen LogP contribution in [0.2, 0.25) is 0 Å². The van der Waals surface area contributed by atoms with Gasteiger partial charge in [0.2, 0.25) is 5.91 Å². The lowest BCUT2D eigenvalue weighted by Gasteiger charge is -2.06. The predicted molar refractivity (Wildman–Crippen MR) is 61.6 cm³/mol. The zero-order valence-electron chi connectivity index (χ0n) is 8.52. The van der Waals surface area contributed by atoms with E-state index >= 15 is 0 Å². The van der Waals surface area contributed by atoms with Gasteiger partial charge in [-0.2, -0.15) is 0 Å². The monoisotopic (exact) mass is 273 g/mol. The first-order valence-corrected chi connectivity index (χ1v) is 5.83. The Hall–Kier alpha value is -0.900. The Morgan fingerprint density at radius 3 is 2.87 bits per heavy atom. The molecule has 1 amide bonds. The number of halogens is 2. The molecule has 0 atom stereocenters. The summed E-state index contributed by atoms with van der Waals surface area (Å²) >= 11 is 3.06. The molecule has 1 rings (SSSR count). The molecule has 0 aliphatic rings. The van der Waals surface area contributed by atoms with Gasteiger partial charge in [-0.3, -0.25) is 4.79 Å². The molecule has 15 heavy (non-hydrogen) atoms. The van der Waals surface area contributed by atoms with Crippen LogP contribution in [0.5, 0.6) is 0 Å². The Morgan fingerprint density at radius 1 is 1.53 bits per heavy atom. The maximum absolute atomic E-state index is 12.8. The third-order valence-electron chi connectivity index (χ3n) is 2.14. The summed E-state index contributed by atoms with van der Waals surface area (Å²) in [5, 5.41) is 3.06. The van der Waals surface area contributed by atoms with Crippen LogP contribution in [-0.4, -0.2) is 17.8 Å². The predicted octanol–water partition coefficient (Wildman–Crippen LogP) is 2.19. The molecular formula is C11H13BrFNO. The summed E-state index contributed by atoms with van der Waals surface area (Å²) in [6.07, 6.45) is 0.727. The molecule has 0 aliphatic carbocycles. The maximum atomic E-state index is 12.8. The number of aryl methyl sites for hydroxylation is 1. The van der Waals surface area contributed by atoms with Crippen molar-refractivity contribution in [3.8, 4) is 0 Å². The zero-order valence-corrected chi connectivity index (χ0v) is 10.1. The number of hydrogen-bond donors (Lipinski definition) is 1. The fourth-order valence-corrected chi connectivity index (χ4v) is 1.52. The molecule has 1 aromatic rings. The molecule has 0 spiro atoms. The second-order valence-electron chi connectivity index (χ2n) is 3.30. The van der Waals surface area contributed by atoms with Crippen LogP contribution in [0.3, 0.4) is 0 Å². The van der Waals surface area contributed by atoms with Gasteiger partial charge in [-0.1, -0.05) is 22.0 Å². The molecule has 82 valence electrons. The van der Waals surface area contributed by atoms with E-state index in [-0.39, 0.29) is 11.7 Å². The van der Waals surface area contributed by atoms with Crippen LogP contribution in [-0.2, 0) is 11.2 Å².